The van der Waals surface area contributed by atoms with E-state index in [4.69, 9.17) is 9.15 Å². The van der Waals surface area contributed by atoms with Crippen LogP contribution in [0.1, 0.15) is 56.8 Å². The maximum Gasteiger partial charge on any atom is 0.134 e. The molecule has 1 saturated carbocycles. The van der Waals surface area contributed by atoms with Crippen LogP contribution >= 0.6 is 0 Å². The summed E-state index contributed by atoms with van der Waals surface area (Å²) in [5.74, 6) is 2.76. The summed E-state index contributed by atoms with van der Waals surface area (Å²) >= 11 is 0. The lowest BCUT2D eigenvalue weighted by Crippen LogP contribution is -2.14. The molecular formula is C18H25NO2. The van der Waals surface area contributed by atoms with Crippen LogP contribution in [0.5, 0.6) is 5.75 Å². The lowest BCUT2D eigenvalue weighted by atomic mass is 10.1. The number of furan rings is 1. The number of hydrogen-bond donors (Lipinski definition) is 1. The Morgan fingerprint density at radius 2 is 2.10 bits per heavy atom. The van der Waals surface area contributed by atoms with Gasteiger partial charge in [0, 0.05) is 10.9 Å². The maximum absolute atomic E-state index is 6.09. The zero-order chi connectivity index (χ0) is 14.7. The van der Waals surface area contributed by atoms with Crippen LogP contribution in [-0.4, -0.2) is 13.2 Å². The number of nitrogens with one attached hydrogen (secondary N) is 1. The summed E-state index contributed by atoms with van der Waals surface area (Å²) < 4.78 is 11.9. The SMILES string of the molecule is CCCNCc1oc2ccc(OCCC)cc2c1C1CC1. The molecule has 1 heterocycles. The van der Waals surface area contributed by atoms with Crippen molar-refractivity contribution < 1.29 is 9.15 Å². The molecule has 1 aromatic heterocycles. The third kappa shape index (κ3) is 3.24. The monoisotopic (exact) mass is 287 g/mol. The first-order valence-electron chi connectivity index (χ1n) is 8.22. The minimum atomic E-state index is 0.686. The maximum atomic E-state index is 6.09. The van der Waals surface area contributed by atoms with Gasteiger partial charge >= 0.3 is 0 Å². The molecule has 0 amide bonds. The fourth-order valence-electron chi connectivity index (χ4n) is 2.79. The topological polar surface area (TPSA) is 34.4 Å². The Bertz CT molecular complexity index is 599. The quantitative estimate of drug-likeness (QED) is 0.721. The van der Waals surface area contributed by atoms with Crippen LogP contribution in [0.4, 0.5) is 0 Å². The summed E-state index contributed by atoms with van der Waals surface area (Å²) in [6.07, 6.45) is 4.75. The molecule has 0 unspecified atom stereocenters. The lowest BCUT2D eigenvalue weighted by molar-refractivity contribution is 0.318. The minimum Gasteiger partial charge on any atom is -0.494 e. The zero-order valence-corrected chi connectivity index (χ0v) is 13.1. The van der Waals surface area contributed by atoms with Gasteiger partial charge in [0.2, 0.25) is 0 Å². The largest absolute Gasteiger partial charge is 0.494 e. The van der Waals surface area contributed by atoms with E-state index in [-0.39, 0.29) is 0 Å². The highest BCUT2D eigenvalue weighted by Gasteiger charge is 2.30. The van der Waals surface area contributed by atoms with E-state index in [0.29, 0.717) is 5.92 Å². The standard InChI is InChI=1S/C18H25NO2/c1-3-9-19-12-17-18(13-5-6-13)15-11-14(20-10-4-2)7-8-16(15)21-17/h7-8,11,13,19H,3-6,9-10,12H2,1-2H3. The second kappa shape index (κ2) is 6.52. The molecule has 1 aliphatic carbocycles. The molecule has 0 bridgehead atoms. The third-order valence-electron chi connectivity index (χ3n) is 3.95. The number of fused-ring (bicyclic) bond motifs is 1. The summed E-state index contributed by atoms with van der Waals surface area (Å²) in [6, 6.07) is 6.22. The summed E-state index contributed by atoms with van der Waals surface area (Å²) in [7, 11) is 0. The first kappa shape index (κ1) is 14.5. The fraction of sp³-hybridized carbons (Fsp3) is 0.556. The van der Waals surface area contributed by atoms with Gasteiger partial charge < -0.3 is 14.5 Å². The van der Waals surface area contributed by atoms with Crippen LogP contribution in [0.2, 0.25) is 0 Å². The van der Waals surface area contributed by atoms with Crippen LogP contribution < -0.4 is 10.1 Å². The summed E-state index contributed by atoms with van der Waals surface area (Å²) in [5.41, 5.74) is 2.41. The molecule has 114 valence electrons. The zero-order valence-electron chi connectivity index (χ0n) is 13.1. The predicted molar refractivity (Wildman–Crippen MR) is 86.0 cm³/mol. The lowest BCUT2D eigenvalue weighted by Gasteiger charge is -2.05. The van der Waals surface area contributed by atoms with Gasteiger partial charge in [-0.25, -0.2) is 0 Å². The number of benzene rings is 1. The molecule has 0 radical (unpaired) electrons. The molecule has 21 heavy (non-hydrogen) atoms. The van der Waals surface area contributed by atoms with Crippen molar-refractivity contribution in [3.05, 3.63) is 29.5 Å². The first-order valence-corrected chi connectivity index (χ1v) is 8.22. The molecule has 0 aliphatic heterocycles. The van der Waals surface area contributed by atoms with Gasteiger partial charge in [0.05, 0.1) is 13.2 Å². The van der Waals surface area contributed by atoms with Crippen molar-refractivity contribution in [1.82, 2.24) is 5.32 Å². The molecule has 2 aromatic rings. The van der Waals surface area contributed by atoms with Crippen molar-refractivity contribution in [2.45, 2.75) is 52.0 Å². The minimum absolute atomic E-state index is 0.686. The van der Waals surface area contributed by atoms with E-state index in [1.807, 2.05) is 6.07 Å². The van der Waals surface area contributed by atoms with E-state index in [0.717, 1.165) is 49.6 Å². The van der Waals surface area contributed by atoms with Crippen LogP contribution in [0.15, 0.2) is 22.6 Å². The van der Waals surface area contributed by atoms with Crippen LogP contribution in [0.3, 0.4) is 0 Å². The Morgan fingerprint density at radius 3 is 2.81 bits per heavy atom. The van der Waals surface area contributed by atoms with E-state index in [1.165, 1.54) is 23.8 Å². The molecule has 0 atom stereocenters. The highest BCUT2D eigenvalue weighted by molar-refractivity contribution is 5.84. The van der Waals surface area contributed by atoms with Crippen molar-refractivity contribution in [1.29, 1.82) is 0 Å². The van der Waals surface area contributed by atoms with Gasteiger partial charge in [0.15, 0.2) is 0 Å². The van der Waals surface area contributed by atoms with Crippen LogP contribution in [0.25, 0.3) is 11.0 Å². The Morgan fingerprint density at radius 1 is 1.24 bits per heavy atom. The molecule has 0 spiro atoms. The van der Waals surface area contributed by atoms with E-state index >= 15 is 0 Å². The Labute approximate surface area is 126 Å². The molecule has 1 aliphatic rings. The second-order valence-corrected chi connectivity index (χ2v) is 5.90. The van der Waals surface area contributed by atoms with Crippen molar-refractivity contribution in [2.24, 2.45) is 0 Å². The molecule has 1 N–H and O–H groups in total. The van der Waals surface area contributed by atoms with Gasteiger partial charge in [-0.05, 0) is 56.3 Å². The van der Waals surface area contributed by atoms with E-state index in [9.17, 15) is 0 Å². The highest BCUT2D eigenvalue weighted by atomic mass is 16.5. The summed E-state index contributed by atoms with van der Waals surface area (Å²) in [4.78, 5) is 0. The normalized spacial score (nSPS) is 14.8. The smallest absolute Gasteiger partial charge is 0.134 e. The van der Waals surface area contributed by atoms with E-state index < -0.39 is 0 Å². The van der Waals surface area contributed by atoms with Crippen molar-refractivity contribution in [3.63, 3.8) is 0 Å². The fourth-order valence-corrected chi connectivity index (χ4v) is 2.79. The van der Waals surface area contributed by atoms with Gasteiger partial charge in [-0.1, -0.05) is 13.8 Å². The summed E-state index contributed by atoms with van der Waals surface area (Å²) in [6.45, 7) is 6.95. The van der Waals surface area contributed by atoms with Crippen molar-refractivity contribution in [3.8, 4) is 5.75 Å². The number of ether oxygens (including phenoxy) is 1. The Kier molecular flexibility index (Phi) is 4.49. The average Bonchev–Trinajstić information content (AvgIpc) is 3.26. The molecule has 0 saturated heterocycles. The number of rotatable bonds is 8. The molecule has 1 aromatic carbocycles. The Hall–Kier alpha value is -1.48. The molecular weight excluding hydrogens is 262 g/mol. The van der Waals surface area contributed by atoms with Gasteiger partial charge in [-0.2, -0.15) is 0 Å². The van der Waals surface area contributed by atoms with E-state index in [2.05, 4.69) is 31.3 Å². The van der Waals surface area contributed by atoms with Crippen molar-refractivity contribution >= 4 is 11.0 Å². The second-order valence-electron chi connectivity index (χ2n) is 5.90. The molecule has 3 nitrogen and oxygen atoms in total. The first-order chi connectivity index (χ1) is 10.3. The number of hydrogen-bond acceptors (Lipinski definition) is 3. The average molecular weight is 287 g/mol. The highest BCUT2D eigenvalue weighted by Crippen LogP contribution is 2.46. The third-order valence-corrected chi connectivity index (χ3v) is 3.95. The van der Waals surface area contributed by atoms with Gasteiger partial charge in [-0.15, -0.1) is 0 Å². The van der Waals surface area contributed by atoms with Gasteiger partial charge in [0.1, 0.15) is 17.1 Å². The van der Waals surface area contributed by atoms with Crippen molar-refractivity contribution in [2.75, 3.05) is 13.2 Å². The Balaban J connectivity index is 1.90. The molecule has 3 rings (SSSR count). The van der Waals surface area contributed by atoms with Crippen LogP contribution in [-0.2, 0) is 6.54 Å². The van der Waals surface area contributed by atoms with Crippen LogP contribution in [0, 0.1) is 0 Å². The van der Waals surface area contributed by atoms with Gasteiger partial charge in [-0.3, -0.25) is 0 Å². The van der Waals surface area contributed by atoms with Gasteiger partial charge in [0.25, 0.3) is 0 Å². The predicted octanol–water partition coefficient (Wildman–Crippen LogP) is 4.60. The molecule has 3 heteroatoms. The summed E-state index contributed by atoms with van der Waals surface area (Å²) in [5, 5.41) is 4.71. The molecule has 1 fully saturated rings. The van der Waals surface area contributed by atoms with E-state index in [1.54, 1.807) is 0 Å².